The quantitative estimate of drug-likeness (QED) is 0.775. The highest BCUT2D eigenvalue weighted by atomic mass is 16.1. The molecule has 3 heteroatoms. The summed E-state index contributed by atoms with van der Waals surface area (Å²) in [5.74, 6) is 0.158. The number of unbranched alkanes of at least 4 members (excludes halogenated alkanes) is 2. The molecule has 0 saturated carbocycles. The molecule has 0 spiro atoms. The number of nitrogens with one attached hydrogen (secondary N) is 2. The predicted molar refractivity (Wildman–Crippen MR) is 88.6 cm³/mol. The van der Waals surface area contributed by atoms with Gasteiger partial charge in [-0.25, -0.2) is 0 Å². The zero-order valence-electron chi connectivity index (χ0n) is 13.5. The zero-order chi connectivity index (χ0) is 15.2. The molecule has 1 aromatic carbocycles. The summed E-state index contributed by atoms with van der Waals surface area (Å²) in [4.78, 5) is 12.6. The van der Waals surface area contributed by atoms with Crippen molar-refractivity contribution in [1.29, 1.82) is 0 Å². The van der Waals surface area contributed by atoms with Gasteiger partial charge in [0.1, 0.15) is 0 Å². The number of amides is 1. The Kier molecular flexibility index (Phi) is 5.66. The van der Waals surface area contributed by atoms with Gasteiger partial charge in [-0.05, 0) is 38.3 Å². The minimum Gasteiger partial charge on any atom is -0.382 e. The highest BCUT2D eigenvalue weighted by Crippen LogP contribution is 2.34. The standard InChI is InChI=1S/C18H28N2O/c1-4-5-6-9-13(2)20-18(21)16-12-14(3)19-17-11-8-7-10-15(16)17/h7-8,10-11,13-14,16,19H,4-6,9,12H2,1-3H3,(H,20,21)/t13-,14+,16+/m0/s1. The Morgan fingerprint density at radius 1 is 1.38 bits per heavy atom. The van der Waals surface area contributed by atoms with E-state index >= 15 is 0 Å². The third-order valence-corrected chi connectivity index (χ3v) is 4.27. The van der Waals surface area contributed by atoms with Gasteiger partial charge in [-0.1, -0.05) is 44.4 Å². The van der Waals surface area contributed by atoms with Crippen LogP contribution in [0.5, 0.6) is 0 Å². The smallest absolute Gasteiger partial charge is 0.227 e. The van der Waals surface area contributed by atoms with Gasteiger partial charge in [0.15, 0.2) is 0 Å². The van der Waals surface area contributed by atoms with Crippen LogP contribution >= 0.6 is 0 Å². The zero-order valence-corrected chi connectivity index (χ0v) is 13.5. The van der Waals surface area contributed by atoms with Gasteiger partial charge in [0, 0.05) is 17.8 Å². The lowest BCUT2D eigenvalue weighted by Gasteiger charge is -2.31. The second-order valence-corrected chi connectivity index (χ2v) is 6.33. The van der Waals surface area contributed by atoms with Gasteiger partial charge in [0.25, 0.3) is 0 Å². The SMILES string of the molecule is CCCCC[C@H](C)NC(=O)[C@@H]1C[C@@H](C)Nc2ccccc21. The summed E-state index contributed by atoms with van der Waals surface area (Å²) in [7, 11) is 0. The summed E-state index contributed by atoms with van der Waals surface area (Å²) in [5, 5.41) is 6.66. The molecule has 1 aliphatic rings. The van der Waals surface area contributed by atoms with Gasteiger partial charge in [-0.2, -0.15) is 0 Å². The maximum absolute atomic E-state index is 12.6. The summed E-state index contributed by atoms with van der Waals surface area (Å²) in [6.45, 7) is 6.46. The van der Waals surface area contributed by atoms with E-state index in [9.17, 15) is 4.79 Å². The minimum atomic E-state index is -0.0222. The van der Waals surface area contributed by atoms with Crippen LogP contribution in [0.15, 0.2) is 24.3 Å². The number of carbonyl (C=O) groups is 1. The van der Waals surface area contributed by atoms with Crippen LogP contribution in [0.2, 0.25) is 0 Å². The molecule has 2 N–H and O–H groups in total. The van der Waals surface area contributed by atoms with E-state index in [1.165, 1.54) is 19.3 Å². The molecule has 0 aliphatic carbocycles. The van der Waals surface area contributed by atoms with Crippen molar-refractivity contribution < 1.29 is 4.79 Å². The van der Waals surface area contributed by atoms with Crippen LogP contribution in [0, 0.1) is 0 Å². The van der Waals surface area contributed by atoms with Crippen molar-refractivity contribution in [2.75, 3.05) is 5.32 Å². The summed E-state index contributed by atoms with van der Waals surface area (Å²) >= 11 is 0. The third-order valence-electron chi connectivity index (χ3n) is 4.27. The van der Waals surface area contributed by atoms with Crippen molar-refractivity contribution in [2.45, 2.75) is 70.9 Å². The lowest BCUT2D eigenvalue weighted by Crippen LogP contribution is -2.40. The molecule has 0 unspecified atom stereocenters. The molecule has 0 fully saturated rings. The van der Waals surface area contributed by atoms with Crippen molar-refractivity contribution in [3.63, 3.8) is 0 Å². The number of anilines is 1. The van der Waals surface area contributed by atoms with E-state index in [1.54, 1.807) is 0 Å². The molecule has 1 aromatic rings. The molecule has 116 valence electrons. The Hall–Kier alpha value is -1.51. The molecule has 3 atom stereocenters. The maximum Gasteiger partial charge on any atom is 0.227 e. The largest absolute Gasteiger partial charge is 0.382 e. The van der Waals surface area contributed by atoms with Crippen LogP contribution in [0.1, 0.15) is 64.4 Å². The van der Waals surface area contributed by atoms with Crippen LogP contribution in [-0.4, -0.2) is 18.0 Å². The number of hydrogen-bond acceptors (Lipinski definition) is 2. The highest BCUT2D eigenvalue weighted by molar-refractivity contribution is 5.86. The Morgan fingerprint density at radius 2 is 2.14 bits per heavy atom. The lowest BCUT2D eigenvalue weighted by molar-refractivity contribution is -0.123. The number of hydrogen-bond donors (Lipinski definition) is 2. The Morgan fingerprint density at radius 3 is 2.90 bits per heavy atom. The van der Waals surface area contributed by atoms with Gasteiger partial charge in [0.2, 0.25) is 5.91 Å². The van der Waals surface area contributed by atoms with Crippen LogP contribution in [0.4, 0.5) is 5.69 Å². The average Bonchev–Trinajstić information content (AvgIpc) is 2.46. The molecular weight excluding hydrogens is 260 g/mol. The molecule has 0 bridgehead atoms. The van der Waals surface area contributed by atoms with E-state index < -0.39 is 0 Å². The van der Waals surface area contributed by atoms with Gasteiger partial charge in [-0.15, -0.1) is 0 Å². The fourth-order valence-corrected chi connectivity index (χ4v) is 3.10. The van der Waals surface area contributed by atoms with E-state index in [-0.39, 0.29) is 17.9 Å². The van der Waals surface area contributed by atoms with Crippen molar-refractivity contribution >= 4 is 11.6 Å². The maximum atomic E-state index is 12.6. The first kappa shape index (κ1) is 15.9. The highest BCUT2D eigenvalue weighted by Gasteiger charge is 2.29. The molecule has 2 rings (SSSR count). The van der Waals surface area contributed by atoms with Crippen molar-refractivity contribution in [3.05, 3.63) is 29.8 Å². The predicted octanol–water partition coefficient (Wildman–Crippen LogP) is 4.06. The second-order valence-electron chi connectivity index (χ2n) is 6.33. The van der Waals surface area contributed by atoms with E-state index in [2.05, 4.69) is 43.5 Å². The molecule has 0 radical (unpaired) electrons. The Bertz CT molecular complexity index is 472. The van der Waals surface area contributed by atoms with Gasteiger partial charge >= 0.3 is 0 Å². The topological polar surface area (TPSA) is 41.1 Å². The number of rotatable bonds is 6. The molecule has 1 amide bonds. The van der Waals surface area contributed by atoms with Crippen LogP contribution in [0.3, 0.4) is 0 Å². The molecular formula is C18H28N2O. The number of para-hydroxylation sites is 1. The van der Waals surface area contributed by atoms with Crippen molar-refractivity contribution in [1.82, 2.24) is 5.32 Å². The fraction of sp³-hybridized carbons (Fsp3) is 0.611. The third kappa shape index (κ3) is 4.23. The lowest BCUT2D eigenvalue weighted by atomic mass is 9.86. The summed E-state index contributed by atoms with van der Waals surface area (Å²) in [6, 6.07) is 8.77. The number of benzene rings is 1. The summed E-state index contributed by atoms with van der Waals surface area (Å²) in [5.41, 5.74) is 2.24. The first-order valence-corrected chi connectivity index (χ1v) is 8.27. The fourth-order valence-electron chi connectivity index (χ4n) is 3.10. The van der Waals surface area contributed by atoms with E-state index in [0.29, 0.717) is 6.04 Å². The van der Waals surface area contributed by atoms with Crippen LogP contribution < -0.4 is 10.6 Å². The molecule has 21 heavy (non-hydrogen) atoms. The number of carbonyl (C=O) groups excluding carboxylic acids is 1. The van der Waals surface area contributed by atoms with Crippen LogP contribution in [-0.2, 0) is 4.79 Å². The van der Waals surface area contributed by atoms with Crippen molar-refractivity contribution in [3.8, 4) is 0 Å². The van der Waals surface area contributed by atoms with Gasteiger partial charge < -0.3 is 10.6 Å². The number of fused-ring (bicyclic) bond motifs is 1. The average molecular weight is 288 g/mol. The molecule has 1 aliphatic heterocycles. The van der Waals surface area contributed by atoms with E-state index in [0.717, 1.165) is 24.1 Å². The molecule has 0 aromatic heterocycles. The Balaban J connectivity index is 1.99. The van der Waals surface area contributed by atoms with Crippen LogP contribution in [0.25, 0.3) is 0 Å². The molecule has 3 nitrogen and oxygen atoms in total. The first-order valence-electron chi connectivity index (χ1n) is 8.27. The normalized spacial score (nSPS) is 22.0. The first-order chi connectivity index (χ1) is 10.1. The van der Waals surface area contributed by atoms with Gasteiger partial charge in [-0.3, -0.25) is 4.79 Å². The molecule has 0 saturated heterocycles. The minimum absolute atomic E-state index is 0.0222. The molecule has 1 heterocycles. The van der Waals surface area contributed by atoms with E-state index in [1.807, 2.05) is 12.1 Å². The monoisotopic (exact) mass is 288 g/mol. The van der Waals surface area contributed by atoms with Crippen molar-refractivity contribution in [2.24, 2.45) is 0 Å². The van der Waals surface area contributed by atoms with E-state index in [4.69, 9.17) is 0 Å². The summed E-state index contributed by atoms with van der Waals surface area (Å²) in [6.07, 6.45) is 5.59. The second kappa shape index (κ2) is 7.48. The Labute approximate surface area is 128 Å². The van der Waals surface area contributed by atoms with Gasteiger partial charge in [0.05, 0.1) is 5.92 Å². The summed E-state index contributed by atoms with van der Waals surface area (Å²) < 4.78 is 0.